The lowest BCUT2D eigenvalue weighted by Crippen LogP contribution is -2.61. The molecule has 1 heterocycles. The molecule has 19 heavy (non-hydrogen) atoms. The third-order valence-corrected chi connectivity index (χ3v) is 5.22. The summed E-state index contributed by atoms with van der Waals surface area (Å²) in [7, 11) is 2.21. The lowest BCUT2D eigenvalue weighted by Gasteiger charge is -2.53. The summed E-state index contributed by atoms with van der Waals surface area (Å²) in [6.45, 7) is 12.3. The van der Waals surface area contributed by atoms with Crippen molar-refractivity contribution in [1.29, 1.82) is 0 Å². The molecular weight excluding hydrogens is 236 g/mol. The topological polar surface area (TPSA) is 23.6 Å². The van der Waals surface area contributed by atoms with Gasteiger partial charge in [0.1, 0.15) is 0 Å². The van der Waals surface area contributed by atoms with Gasteiger partial charge in [-0.15, -0.1) is 0 Å². The van der Waals surface area contributed by atoms with E-state index in [4.69, 9.17) is 0 Å². The van der Waals surface area contributed by atoms with Gasteiger partial charge in [0.2, 0.25) is 6.41 Å². The van der Waals surface area contributed by atoms with Crippen LogP contribution in [0, 0.1) is 5.92 Å². The van der Waals surface area contributed by atoms with E-state index in [1.54, 1.807) is 0 Å². The third kappa shape index (κ3) is 3.71. The highest BCUT2D eigenvalue weighted by Crippen LogP contribution is 2.36. The van der Waals surface area contributed by atoms with Gasteiger partial charge in [-0.05, 0) is 46.6 Å². The molecule has 3 nitrogen and oxygen atoms in total. The summed E-state index contributed by atoms with van der Waals surface area (Å²) >= 11 is 0. The second kappa shape index (κ2) is 6.74. The highest BCUT2D eigenvalue weighted by atomic mass is 16.1. The van der Waals surface area contributed by atoms with E-state index in [9.17, 15) is 4.79 Å². The molecule has 0 N–H and O–H groups in total. The van der Waals surface area contributed by atoms with Crippen molar-refractivity contribution >= 4 is 6.41 Å². The van der Waals surface area contributed by atoms with E-state index in [1.807, 2.05) is 0 Å². The monoisotopic (exact) mass is 268 g/mol. The highest BCUT2D eigenvalue weighted by Gasteiger charge is 2.42. The summed E-state index contributed by atoms with van der Waals surface area (Å²) in [4.78, 5) is 16.0. The molecule has 0 aromatic rings. The molecule has 3 heteroatoms. The Morgan fingerprint density at radius 1 is 1.32 bits per heavy atom. The molecule has 0 spiro atoms. The average Bonchev–Trinajstić information content (AvgIpc) is 2.37. The molecule has 112 valence electrons. The van der Waals surface area contributed by atoms with Crippen molar-refractivity contribution in [2.24, 2.45) is 5.92 Å². The number of hydrogen-bond acceptors (Lipinski definition) is 2. The zero-order valence-corrected chi connectivity index (χ0v) is 13.6. The van der Waals surface area contributed by atoms with Crippen LogP contribution in [0.15, 0.2) is 0 Å². The standard InChI is InChI=1S/C16H32N2O/c1-7-8-9-10-18(12-19)15-11-16(4,5)17(6)14(3)13(15)2/h12-15H,7-11H2,1-6H3. The van der Waals surface area contributed by atoms with Crippen molar-refractivity contribution in [3.63, 3.8) is 0 Å². The quantitative estimate of drug-likeness (QED) is 0.546. The van der Waals surface area contributed by atoms with Gasteiger partial charge in [0.15, 0.2) is 0 Å². The van der Waals surface area contributed by atoms with Crippen LogP contribution in [0.3, 0.4) is 0 Å². The van der Waals surface area contributed by atoms with Crippen LogP contribution in [0.25, 0.3) is 0 Å². The molecule has 3 unspecified atom stereocenters. The Morgan fingerprint density at radius 3 is 2.47 bits per heavy atom. The van der Waals surface area contributed by atoms with Gasteiger partial charge >= 0.3 is 0 Å². The Kier molecular flexibility index (Phi) is 5.84. The lowest BCUT2D eigenvalue weighted by atomic mass is 9.77. The second-order valence-electron chi connectivity index (χ2n) is 6.84. The van der Waals surface area contributed by atoms with Crippen LogP contribution in [0.1, 0.15) is 60.3 Å². The summed E-state index contributed by atoms with van der Waals surface area (Å²) in [5.41, 5.74) is 0.169. The molecule has 0 aromatic carbocycles. The van der Waals surface area contributed by atoms with Crippen molar-refractivity contribution in [3.05, 3.63) is 0 Å². The highest BCUT2D eigenvalue weighted by molar-refractivity contribution is 5.48. The Hall–Kier alpha value is -0.570. The molecule has 1 aliphatic rings. The number of rotatable bonds is 6. The molecule has 0 aliphatic carbocycles. The van der Waals surface area contributed by atoms with Gasteiger partial charge in [0.25, 0.3) is 0 Å². The molecule has 0 aromatic heterocycles. The van der Waals surface area contributed by atoms with E-state index >= 15 is 0 Å². The number of piperidine rings is 1. The van der Waals surface area contributed by atoms with E-state index in [0.29, 0.717) is 18.0 Å². The third-order valence-electron chi connectivity index (χ3n) is 5.22. The molecular formula is C16H32N2O. The minimum atomic E-state index is 0.169. The van der Waals surface area contributed by atoms with Gasteiger partial charge in [0.05, 0.1) is 0 Å². The van der Waals surface area contributed by atoms with Gasteiger partial charge in [0, 0.05) is 24.2 Å². The zero-order chi connectivity index (χ0) is 14.6. The summed E-state index contributed by atoms with van der Waals surface area (Å²) in [5, 5.41) is 0. The fourth-order valence-corrected chi connectivity index (χ4v) is 3.33. The van der Waals surface area contributed by atoms with E-state index in [2.05, 4.69) is 51.5 Å². The minimum absolute atomic E-state index is 0.169. The first kappa shape index (κ1) is 16.5. The van der Waals surface area contributed by atoms with Gasteiger partial charge in [-0.2, -0.15) is 0 Å². The summed E-state index contributed by atoms with van der Waals surface area (Å²) in [6, 6.07) is 0.901. The number of likely N-dealkylation sites (tertiary alicyclic amines) is 1. The van der Waals surface area contributed by atoms with Crippen LogP contribution in [0.4, 0.5) is 0 Å². The molecule has 1 amide bonds. The largest absolute Gasteiger partial charge is 0.342 e. The van der Waals surface area contributed by atoms with E-state index in [1.165, 1.54) is 12.8 Å². The number of carbonyl (C=O) groups is 1. The number of nitrogens with zero attached hydrogens (tertiary/aromatic N) is 2. The van der Waals surface area contributed by atoms with Gasteiger partial charge < -0.3 is 4.90 Å². The van der Waals surface area contributed by atoms with E-state index in [-0.39, 0.29) is 5.54 Å². The van der Waals surface area contributed by atoms with Crippen molar-refractivity contribution in [2.75, 3.05) is 13.6 Å². The molecule has 1 saturated heterocycles. The van der Waals surface area contributed by atoms with Crippen LogP contribution in [0.2, 0.25) is 0 Å². The fraction of sp³-hybridized carbons (Fsp3) is 0.938. The van der Waals surface area contributed by atoms with Gasteiger partial charge in [-0.25, -0.2) is 0 Å². The number of hydrogen-bond donors (Lipinski definition) is 0. The first-order chi connectivity index (χ1) is 8.85. The molecule has 1 rings (SSSR count). The van der Waals surface area contributed by atoms with Crippen molar-refractivity contribution in [2.45, 2.75) is 77.9 Å². The Labute approximate surface area is 119 Å². The predicted molar refractivity (Wildman–Crippen MR) is 81.2 cm³/mol. The first-order valence-corrected chi connectivity index (χ1v) is 7.79. The molecule has 0 bridgehead atoms. The Bertz CT molecular complexity index is 290. The lowest BCUT2D eigenvalue weighted by molar-refractivity contribution is -0.125. The Balaban J connectivity index is 2.75. The van der Waals surface area contributed by atoms with Gasteiger partial charge in [-0.1, -0.05) is 26.7 Å². The second-order valence-corrected chi connectivity index (χ2v) is 6.84. The molecule has 0 saturated carbocycles. The van der Waals surface area contributed by atoms with Crippen LogP contribution < -0.4 is 0 Å². The molecule has 3 atom stereocenters. The van der Waals surface area contributed by atoms with Crippen LogP contribution in [-0.2, 0) is 4.79 Å². The van der Waals surface area contributed by atoms with Gasteiger partial charge in [-0.3, -0.25) is 9.69 Å². The maximum absolute atomic E-state index is 11.5. The number of amides is 1. The zero-order valence-electron chi connectivity index (χ0n) is 13.6. The molecule has 1 fully saturated rings. The Morgan fingerprint density at radius 2 is 1.95 bits per heavy atom. The number of unbranched alkanes of at least 4 members (excludes halogenated alkanes) is 2. The maximum atomic E-state index is 11.5. The summed E-state index contributed by atoms with van der Waals surface area (Å²) in [6.07, 6.45) is 5.69. The first-order valence-electron chi connectivity index (χ1n) is 7.79. The van der Waals surface area contributed by atoms with Crippen molar-refractivity contribution in [3.8, 4) is 0 Å². The van der Waals surface area contributed by atoms with Crippen LogP contribution >= 0.6 is 0 Å². The fourth-order valence-electron chi connectivity index (χ4n) is 3.33. The van der Waals surface area contributed by atoms with Crippen LogP contribution in [-0.4, -0.2) is 47.4 Å². The molecule has 0 radical (unpaired) electrons. The van der Waals surface area contributed by atoms with Crippen molar-refractivity contribution < 1.29 is 4.79 Å². The van der Waals surface area contributed by atoms with E-state index in [0.717, 1.165) is 25.8 Å². The average molecular weight is 268 g/mol. The van der Waals surface area contributed by atoms with E-state index < -0.39 is 0 Å². The SMILES string of the molecule is CCCCCN(C=O)C1CC(C)(C)N(C)C(C)C1C. The van der Waals surface area contributed by atoms with Crippen LogP contribution in [0.5, 0.6) is 0 Å². The normalized spacial score (nSPS) is 31.2. The molecule has 1 aliphatic heterocycles. The number of carbonyl (C=O) groups excluding carboxylic acids is 1. The summed E-state index contributed by atoms with van der Waals surface area (Å²) < 4.78 is 0. The smallest absolute Gasteiger partial charge is 0.209 e. The maximum Gasteiger partial charge on any atom is 0.209 e. The minimum Gasteiger partial charge on any atom is -0.342 e. The van der Waals surface area contributed by atoms with Crippen molar-refractivity contribution in [1.82, 2.24) is 9.80 Å². The predicted octanol–water partition coefficient (Wildman–Crippen LogP) is 3.14. The summed E-state index contributed by atoms with van der Waals surface area (Å²) in [5.74, 6) is 0.532.